The molecule has 2 N–H and O–H groups in total. The lowest BCUT2D eigenvalue weighted by Gasteiger charge is -2.28. The van der Waals surface area contributed by atoms with Crippen molar-refractivity contribution in [3.05, 3.63) is 41.7 Å². The maximum atomic E-state index is 12.2. The van der Waals surface area contributed by atoms with Gasteiger partial charge in [0.05, 0.1) is 12.7 Å². The molecule has 2 aromatic rings. The third-order valence-corrected chi connectivity index (χ3v) is 3.84. The molecule has 9 heteroatoms. The van der Waals surface area contributed by atoms with Gasteiger partial charge in [0.2, 0.25) is 11.8 Å². The van der Waals surface area contributed by atoms with Crippen molar-refractivity contribution in [2.45, 2.75) is 25.9 Å². The highest BCUT2D eigenvalue weighted by Gasteiger charge is 2.25. The van der Waals surface area contributed by atoms with Crippen LogP contribution >= 0.6 is 0 Å². The van der Waals surface area contributed by atoms with Gasteiger partial charge in [-0.05, 0) is 18.1 Å². The van der Waals surface area contributed by atoms with E-state index in [1.807, 2.05) is 24.3 Å². The molecular formula is C16H17N5O4. The molecule has 0 aliphatic carbocycles. The van der Waals surface area contributed by atoms with Crippen LogP contribution in [0, 0.1) is 0 Å². The van der Waals surface area contributed by atoms with Crippen molar-refractivity contribution in [3.8, 4) is 0 Å². The summed E-state index contributed by atoms with van der Waals surface area (Å²) in [4.78, 5) is 36.4. The molecule has 9 nitrogen and oxygen atoms in total. The van der Waals surface area contributed by atoms with Crippen LogP contribution < -0.4 is 10.2 Å². The van der Waals surface area contributed by atoms with Crippen LogP contribution in [0.3, 0.4) is 0 Å². The Morgan fingerprint density at radius 1 is 1.20 bits per heavy atom. The van der Waals surface area contributed by atoms with Crippen LogP contribution in [0.25, 0.3) is 0 Å². The number of fused-ring (bicyclic) bond motifs is 1. The molecule has 1 aromatic carbocycles. The number of carboxylic acid groups (broad SMARTS) is 1. The van der Waals surface area contributed by atoms with Gasteiger partial charge < -0.3 is 15.3 Å². The lowest BCUT2D eigenvalue weighted by Crippen LogP contribution is -2.42. The molecule has 0 spiro atoms. The maximum absolute atomic E-state index is 12.2. The number of hydrogen-bond acceptors (Lipinski definition) is 5. The monoisotopic (exact) mass is 343 g/mol. The number of hydrogen-bond donors (Lipinski definition) is 2. The largest absolute Gasteiger partial charge is 0.480 e. The molecule has 0 atom stereocenters. The van der Waals surface area contributed by atoms with Gasteiger partial charge in [-0.3, -0.25) is 14.4 Å². The predicted octanol–water partition coefficient (Wildman–Crippen LogP) is -0.0417. The van der Waals surface area contributed by atoms with E-state index in [0.29, 0.717) is 18.5 Å². The second-order valence-corrected chi connectivity index (χ2v) is 5.69. The van der Waals surface area contributed by atoms with E-state index in [4.69, 9.17) is 5.11 Å². The first-order valence-corrected chi connectivity index (χ1v) is 7.78. The van der Waals surface area contributed by atoms with Crippen molar-refractivity contribution in [1.82, 2.24) is 20.3 Å². The zero-order valence-electron chi connectivity index (χ0n) is 13.4. The smallest absolute Gasteiger partial charge is 0.325 e. The van der Waals surface area contributed by atoms with Gasteiger partial charge in [-0.2, -0.15) is 0 Å². The fourth-order valence-electron chi connectivity index (χ4n) is 2.69. The second-order valence-electron chi connectivity index (χ2n) is 5.69. The Balaban J connectivity index is 1.58. The van der Waals surface area contributed by atoms with E-state index in [1.54, 1.807) is 0 Å². The number of carboxylic acids is 1. The number of aliphatic carboxylic acids is 1. The first-order chi connectivity index (χ1) is 12.0. The molecule has 130 valence electrons. The lowest BCUT2D eigenvalue weighted by molar-refractivity contribution is -0.138. The molecule has 1 aliphatic heterocycles. The quantitative estimate of drug-likeness (QED) is 0.760. The maximum Gasteiger partial charge on any atom is 0.325 e. The third-order valence-electron chi connectivity index (χ3n) is 3.84. The van der Waals surface area contributed by atoms with Crippen molar-refractivity contribution in [3.63, 3.8) is 0 Å². The van der Waals surface area contributed by atoms with Crippen molar-refractivity contribution >= 4 is 23.5 Å². The number of aromatic nitrogens is 3. The van der Waals surface area contributed by atoms with Crippen LogP contribution in [0.5, 0.6) is 0 Å². The molecule has 3 rings (SSSR count). The van der Waals surface area contributed by atoms with Crippen LogP contribution in [-0.4, -0.2) is 44.4 Å². The number of carbonyl (C=O) groups excluding carboxylic acids is 2. The molecule has 25 heavy (non-hydrogen) atoms. The van der Waals surface area contributed by atoms with Gasteiger partial charge >= 0.3 is 5.97 Å². The van der Waals surface area contributed by atoms with E-state index in [9.17, 15) is 14.4 Å². The number of para-hydroxylation sites is 1. The van der Waals surface area contributed by atoms with Gasteiger partial charge in [-0.25, -0.2) is 4.68 Å². The second kappa shape index (κ2) is 7.12. The number of nitrogens with one attached hydrogen (secondary N) is 1. The van der Waals surface area contributed by atoms with Gasteiger partial charge in [0, 0.05) is 12.1 Å². The van der Waals surface area contributed by atoms with Gasteiger partial charge in [0.25, 0.3) is 0 Å². The number of nitrogens with zero attached hydrogens (tertiary/aromatic N) is 4. The highest BCUT2D eigenvalue weighted by molar-refractivity contribution is 6.00. The summed E-state index contributed by atoms with van der Waals surface area (Å²) in [6, 6.07) is 7.53. The SMILES string of the molecule is O=C(O)Cn1cc(CNC(=O)CN2C(=O)CCc3ccccc32)nn1. The van der Waals surface area contributed by atoms with E-state index in [2.05, 4.69) is 15.6 Å². The minimum atomic E-state index is -1.03. The van der Waals surface area contributed by atoms with Crippen LogP contribution in [-0.2, 0) is 33.9 Å². The molecular weight excluding hydrogens is 326 g/mol. The fraction of sp³-hybridized carbons (Fsp3) is 0.312. The standard InChI is InChI=1S/C16H17N5O4/c22-14(17-7-12-8-20(19-18-12)10-16(24)25)9-21-13-4-2-1-3-11(13)5-6-15(21)23/h1-4,8H,5-7,9-10H2,(H,17,22)(H,24,25). The number of carbonyl (C=O) groups is 3. The number of amides is 2. The normalized spacial score (nSPS) is 13.4. The van der Waals surface area contributed by atoms with Crippen molar-refractivity contribution < 1.29 is 19.5 Å². The molecule has 0 fully saturated rings. The highest BCUT2D eigenvalue weighted by atomic mass is 16.4. The summed E-state index contributed by atoms with van der Waals surface area (Å²) in [6.45, 7) is -0.249. The number of rotatable bonds is 6. The number of benzene rings is 1. The summed E-state index contributed by atoms with van der Waals surface area (Å²) in [6.07, 6.45) is 2.52. The Labute approximate surface area is 143 Å². The Morgan fingerprint density at radius 3 is 2.80 bits per heavy atom. The predicted molar refractivity (Wildman–Crippen MR) is 86.6 cm³/mol. The summed E-state index contributed by atoms with van der Waals surface area (Å²) in [5, 5.41) is 18.8. The molecule has 1 aromatic heterocycles. The van der Waals surface area contributed by atoms with Crippen LogP contribution in [0.4, 0.5) is 5.69 Å². The third kappa shape index (κ3) is 4.00. The Morgan fingerprint density at radius 2 is 2.00 bits per heavy atom. The molecule has 0 radical (unpaired) electrons. The van der Waals surface area contributed by atoms with Gasteiger partial charge in [0.15, 0.2) is 0 Å². The molecule has 0 saturated heterocycles. The molecule has 2 amide bonds. The lowest BCUT2D eigenvalue weighted by atomic mass is 10.0. The summed E-state index contributed by atoms with van der Waals surface area (Å²) in [5.74, 6) is -1.43. The van der Waals surface area contributed by atoms with Crippen molar-refractivity contribution in [2.75, 3.05) is 11.4 Å². The van der Waals surface area contributed by atoms with E-state index in [0.717, 1.165) is 11.3 Å². The van der Waals surface area contributed by atoms with Crippen molar-refractivity contribution in [1.29, 1.82) is 0 Å². The van der Waals surface area contributed by atoms with Gasteiger partial charge in [-0.1, -0.05) is 23.4 Å². The van der Waals surface area contributed by atoms with Crippen LogP contribution in [0.15, 0.2) is 30.5 Å². The zero-order chi connectivity index (χ0) is 17.8. The number of aryl methyl sites for hydroxylation is 1. The molecule has 2 heterocycles. The summed E-state index contributed by atoms with van der Waals surface area (Å²) in [5.41, 5.74) is 2.26. The minimum Gasteiger partial charge on any atom is -0.480 e. The van der Waals surface area contributed by atoms with Gasteiger partial charge in [-0.15, -0.1) is 5.10 Å². The van der Waals surface area contributed by atoms with Gasteiger partial charge in [0.1, 0.15) is 18.8 Å². The topological polar surface area (TPSA) is 117 Å². The van der Waals surface area contributed by atoms with E-state index >= 15 is 0 Å². The molecule has 0 saturated carbocycles. The molecule has 0 unspecified atom stereocenters. The summed E-state index contributed by atoms with van der Waals surface area (Å²) < 4.78 is 1.17. The average molecular weight is 343 g/mol. The van der Waals surface area contributed by atoms with E-state index < -0.39 is 5.97 Å². The van der Waals surface area contributed by atoms with E-state index in [-0.39, 0.29) is 31.4 Å². The average Bonchev–Trinajstić information content (AvgIpc) is 3.02. The summed E-state index contributed by atoms with van der Waals surface area (Å²) in [7, 11) is 0. The first-order valence-electron chi connectivity index (χ1n) is 7.78. The van der Waals surface area contributed by atoms with E-state index in [1.165, 1.54) is 15.8 Å². The molecule has 1 aliphatic rings. The van der Waals surface area contributed by atoms with Crippen molar-refractivity contribution in [2.24, 2.45) is 0 Å². The first kappa shape index (κ1) is 16.6. The Bertz CT molecular complexity index is 816. The fourth-order valence-corrected chi connectivity index (χ4v) is 2.69. The Kier molecular flexibility index (Phi) is 4.73. The highest BCUT2D eigenvalue weighted by Crippen LogP contribution is 2.26. The zero-order valence-corrected chi connectivity index (χ0v) is 13.4. The Hall–Kier alpha value is -3.23. The number of anilines is 1. The van der Waals surface area contributed by atoms with Crippen LogP contribution in [0.2, 0.25) is 0 Å². The van der Waals surface area contributed by atoms with Crippen LogP contribution in [0.1, 0.15) is 17.7 Å². The summed E-state index contributed by atoms with van der Waals surface area (Å²) >= 11 is 0. The molecule has 0 bridgehead atoms. The minimum absolute atomic E-state index is 0.0703.